The van der Waals surface area contributed by atoms with Crippen molar-refractivity contribution in [2.45, 2.75) is 11.8 Å². The third-order valence-electron chi connectivity index (χ3n) is 2.34. The number of aliphatic hydroxyl groups is 1. The maximum Gasteiger partial charge on any atom is 0.242 e. The number of aliphatic hydroxyl groups excluding tert-OH is 1. The Bertz CT molecular complexity index is 460. The van der Waals surface area contributed by atoms with Gasteiger partial charge in [-0.15, -0.1) is 0 Å². The number of para-hydroxylation sites is 1. The summed E-state index contributed by atoms with van der Waals surface area (Å²) < 4.78 is 26.4. The Morgan fingerprint density at radius 2 is 2.00 bits per heavy atom. The summed E-state index contributed by atoms with van der Waals surface area (Å²) in [5, 5.41) is 8.89. The zero-order valence-electron chi connectivity index (χ0n) is 10.0. The molecule has 0 amide bonds. The molecule has 0 heterocycles. The number of anilines is 1. The Morgan fingerprint density at radius 3 is 2.59 bits per heavy atom. The lowest BCUT2D eigenvalue weighted by Gasteiger charge is -2.21. The van der Waals surface area contributed by atoms with Gasteiger partial charge in [0, 0.05) is 20.1 Å². The van der Waals surface area contributed by atoms with E-state index in [0.29, 0.717) is 18.8 Å². The second-order valence-electron chi connectivity index (χ2n) is 3.61. The lowest BCUT2D eigenvalue weighted by atomic mass is 10.3. The van der Waals surface area contributed by atoms with Crippen LogP contribution in [-0.4, -0.2) is 40.3 Å². The molecular weight excluding hydrogens is 240 g/mol. The van der Waals surface area contributed by atoms with E-state index in [1.54, 1.807) is 43.1 Å². The minimum Gasteiger partial charge on any atom is -0.395 e. The molecule has 0 aliphatic rings. The third kappa shape index (κ3) is 3.42. The van der Waals surface area contributed by atoms with Gasteiger partial charge in [-0.05, 0) is 12.1 Å². The van der Waals surface area contributed by atoms with E-state index in [1.807, 2.05) is 0 Å². The maximum absolute atomic E-state index is 12.0. The SMILES string of the molecule is CCNS(=O)(=O)c1ccccc1N(C)CCO. The van der Waals surface area contributed by atoms with Gasteiger partial charge in [0.2, 0.25) is 10.0 Å². The van der Waals surface area contributed by atoms with E-state index >= 15 is 0 Å². The second-order valence-corrected chi connectivity index (χ2v) is 5.35. The van der Waals surface area contributed by atoms with E-state index in [2.05, 4.69) is 4.72 Å². The summed E-state index contributed by atoms with van der Waals surface area (Å²) in [4.78, 5) is 1.95. The summed E-state index contributed by atoms with van der Waals surface area (Å²) in [5.74, 6) is 0. The van der Waals surface area contributed by atoms with Crippen LogP contribution < -0.4 is 9.62 Å². The minimum absolute atomic E-state index is 0.0217. The smallest absolute Gasteiger partial charge is 0.242 e. The highest BCUT2D eigenvalue weighted by Crippen LogP contribution is 2.23. The highest BCUT2D eigenvalue weighted by Gasteiger charge is 2.18. The summed E-state index contributed by atoms with van der Waals surface area (Å²) in [6, 6.07) is 6.73. The fourth-order valence-electron chi connectivity index (χ4n) is 1.54. The summed E-state index contributed by atoms with van der Waals surface area (Å²) in [6.07, 6.45) is 0. The number of hydrogen-bond acceptors (Lipinski definition) is 4. The van der Waals surface area contributed by atoms with E-state index in [4.69, 9.17) is 5.11 Å². The van der Waals surface area contributed by atoms with Crippen LogP contribution in [0.2, 0.25) is 0 Å². The standard InChI is InChI=1S/C11H18N2O3S/c1-3-12-17(15,16)11-7-5-4-6-10(11)13(2)8-9-14/h4-7,12,14H,3,8-9H2,1-2H3. The van der Waals surface area contributed by atoms with Gasteiger partial charge in [0.05, 0.1) is 12.3 Å². The number of nitrogens with one attached hydrogen (secondary N) is 1. The van der Waals surface area contributed by atoms with Crippen molar-refractivity contribution < 1.29 is 13.5 Å². The van der Waals surface area contributed by atoms with E-state index < -0.39 is 10.0 Å². The third-order valence-corrected chi connectivity index (χ3v) is 3.93. The van der Waals surface area contributed by atoms with Crippen molar-refractivity contribution in [2.24, 2.45) is 0 Å². The van der Waals surface area contributed by atoms with Gasteiger partial charge in [-0.2, -0.15) is 0 Å². The van der Waals surface area contributed by atoms with E-state index in [-0.39, 0.29) is 11.5 Å². The van der Waals surface area contributed by atoms with Gasteiger partial charge in [0.25, 0.3) is 0 Å². The number of likely N-dealkylation sites (N-methyl/N-ethyl adjacent to an activating group) is 1. The van der Waals surface area contributed by atoms with Crippen molar-refractivity contribution >= 4 is 15.7 Å². The predicted molar refractivity (Wildman–Crippen MR) is 67.7 cm³/mol. The molecule has 6 heteroatoms. The van der Waals surface area contributed by atoms with Gasteiger partial charge in [-0.3, -0.25) is 0 Å². The molecule has 0 unspecified atom stereocenters. The molecule has 1 aromatic rings. The first kappa shape index (κ1) is 14.0. The van der Waals surface area contributed by atoms with Crippen molar-refractivity contribution in [2.75, 3.05) is 31.6 Å². The number of rotatable bonds is 6. The molecule has 0 saturated heterocycles. The van der Waals surface area contributed by atoms with Gasteiger partial charge >= 0.3 is 0 Å². The van der Waals surface area contributed by atoms with Crippen LogP contribution in [0.25, 0.3) is 0 Å². The first-order valence-corrected chi connectivity index (χ1v) is 6.92. The first-order valence-electron chi connectivity index (χ1n) is 5.43. The molecule has 17 heavy (non-hydrogen) atoms. The number of benzene rings is 1. The Hall–Kier alpha value is -1.11. The molecule has 0 aliphatic carbocycles. The van der Waals surface area contributed by atoms with Crippen LogP contribution in [0.5, 0.6) is 0 Å². The lowest BCUT2D eigenvalue weighted by Crippen LogP contribution is -2.28. The minimum atomic E-state index is -3.48. The van der Waals surface area contributed by atoms with Crippen molar-refractivity contribution in [3.63, 3.8) is 0 Å². The fourth-order valence-corrected chi connectivity index (χ4v) is 2.83. The number of nitrogens with zero attached hydrogens (tertiary/aromatic N) is 1. The Kier molecular flexibility index (Phi) is 4.92. The highest BCUT2D eigenvalue weighted by molar-refractivity contribution is 7.89. The molecule has 96 valence electrons. The largest absolute Gasteiger partial charge is 0.395 e. The number of hydrogen-bond donors (Lipinski definition) is 2. The van der Waals surface area contributed by atoms with Gasteiger partial charge in [0.1, 0.15) is 4.90 Å². The molecule has 0 radical (unpaired) electrons. The van der Waals surface area contributed by atoms with Crippen LogP contribution in [0.1, 0.15) is 6.92 Å². The van der Waals surface area contributed by atoms with Crippen LogP contribution in [0.3, 0.4) is 0 Å². The second kappa shape index (κ2) is 6.00. The van der Waals surface area contributed by atoms with E-state index in [0.717, 1.165) is 0 Å². The van der Waals surface area contributed by atoms with Gasteiger partial charge in [-0.25, -0.2) is 13.1 Å². The predicted octanol–water partition coefficient (Wildman–Crippen LogP) is 0.413. The molecule has 0 spiro atoms. The molecule has 0 saturated carbocycles. The molecular formula is C11H18N2O3S. The quantitative estimate of drug-likeness (QED) is 0.775. The first-order chi connectivity index (χ1) is 8.03. The molecule has 0 bridgehead atoms. The van der Waals surface area contributed by atoms with E-state index in [9.17, 15) is 8.42 Å². The molecule has 1 aromatic carbocycles. The Balaban J connectivity index is 3.16. The van der Waals surface area contributed by atoms with Crippen molar-refractivity contribution in [3.8, 4) is 0 Å². The molecule has 5 nitrogen and oxygen atoms in total. The summed E-state index contributed by atoms with van der Waals surface area (Å²) >= 11 is 0. The van der Waals surface area contributed by atoms with Gasteiger partial charge in [-0.1, -0.05) is 19.1 Å². The van der Waals surface area contributed by atoms with E-state index in [1.165, 1.54) is 0 Å². The van der Waals surface area contributed by atoms with Crippen LogP contribution in [0.15, 0.2) is 29.2 Å². The van der Waals surface area contributed by atoms with Crippen LogP contribution in [0.4, 0.5) is 5.69 Å². The summed E-state index contributed by atoms with van der Waals surface area (Å²) in [5.41, 5.74) is 0.586. The zero-order chi connectivity index (χ0) is 12.9. The average molecular weight is 258 g/mol. The van der Waals surface area contributed by atoms with Crippen LogP contribution in [-0.2, 0) is 10.0 Å². The van der Waals surface area contributed by atoms with Gasteiger partial charge < -0.3 is 10.0 Å². The van der Waals surface area contributed by atoms with Gasteiger partial charge in [0.15, 0.2) is 0 Å². The van der Waals surface area contributed by atoms with Crippen molar-refractivity contribution in [1.82, 2.24) is 4.72 Å². The Morgan fingerprint density at radius 1 is 1.35 bits per heavy atom. The number of sulfonamides is 1. The fraction of sp³-hybridized carbons (Fsp3) is 0.455. The highest BCUT2D eigenvalue weighted by atomic mass is 32.2. The molecule has 2 N–H and O–H groups in total. The van der Waals surface area contributed by atoms with Crippen LogP contribution in [0, 0.1) is 0 Å². The maximum atomic E-state index is 12.0. The van der Waals surface area contributed by atoms with Crippen molar-refractivity contribution in [3.05, 3.63) is 24.3 Å². The average Bonchev–Trinajstić information content (AvgIpc) is 2.29. The Labute approximate surface area is 102 Å². The lowest BCUT2D eigenvalue weighted by molar-refractivity contribution is 0.304. The molecule has 0 aliphatic heterocycles. The molecule has 1 rings (SSSR count). The molecule has 0 fully saturated rings. The molecule has 0 aromatic heterocycles. The topological polar surface area (TPSA) is 69.6 Å². The summed E-state index contributed by atoms with van der Waals surface area (Å²) in [7, 11) is -1.73. The van der Waals surface area contributed by atoms with Crippen molar-refractivity contribution in [1.29, 1.82) is 0 Å². The monoisotopic (exact) mass is 258 g/mol. The normalized spacial score (nSPS) is 11.5. The summed E-state index contributed by atoms with van der Waals surface area (Å²) in [6.45, 7) is 2.45. The van der Waals surface area contributed by atoms with Crippen LogP contribution >= 0.6 is 0 Å². The zero-order valence-corrected chi connectivity index (χ0v) is 10.9. The molecule has 0 atom stereocenters.